The molecule has 3 rings (SSSR count). The molecule has 0 saturated carbocycles. The first-order valence-electron chi connectivity index (χ1n) is 9.40. The van der Waals surface area contributed by atoms with E-state index < -0.39 is 5.91 Å². The van der Waals surface area contributed by atoms with Gasteiger partial charge in [0.1, 0.15) is 17.4 Å². The Morgan fingerprint density at radius 1 is 1.24 bits per heavy atom. The Balaban J connectivity index is 1.89. The zero-order chi connectivity index (χ0) is 21.2. The second kappa shape index (κ2) is 7.84. The van der Waals surface area contributed by atoms with Gasteiger partial charge in [-0.15, -0.1) is 0 Å². The van der Waals surface area contributed by atoms with Gasteiger partial charge >= 0.3 is 0 Å². The van der Waals surface area contributed by atoms with Gasteiger partial charge in [-0.05, 0) is 62.2 Å². The summed E-state index contributed by atoms with van der Waals surface area (Å²) in [5, 5.41) is 12.3. The zero-order valence-corrected chi connectivity index (χ0v) is 17.4. The maximum absolute atomic E-state index is 12.6. The molecule has 0 aliphatic carbocycles. The molecule has 0 saturated heterocycles. The van der Waals surface area contributed by atoms with Gasteiger partial charge in [-0.3, -0.25) is 4.79 Å². The van der Waals surface area contributed by atoms with Gasteiger partial charge in [0.2, 0.25) is 0 Å². The van der Waals surface area contributed by atoms with Crippen molar-refractivity contribution in [3.05, 3.63) is 65.2 Å². The van der Waals surface area contributed by atoms with Crippen molar-refractivity contribution >= 4 is 28.9 Å². The maximum atomic E-state index is 12.6. The number of amides is 1. The third kappa shape index (κ3) is 4.17. The lowest BCUT2D eigenvalue weighted by atomic mass is 9.88. The molecule has 5 nitrogen and oxygen atoms in total. The van der Waals surface area contributed by atoms with E-state index in [0.717, 1.165) is 16.8 Å². The second-order valence-corrected chi connectivity index (χ2v) is 7.67. The summed E-state index contributed by atoms with van der Waals surface area (Å²) in [6, 6.07) is 15.0. The first kappa shape index (κ1) is 20.2. The summed E-state index contributed by atoms with van der Waals surface area (Å²) in [5.74, 6) is 0.179. The van der Waals surface area contributed by atoms with Gasteiger partial charge in [-0.2, -0.15) is 5.26 Å². The van der Waals surface area contributed by atoms with Gasteiger partial charge in [0.25, 0.3) is 5.91 Å². The molecule has 2 aromatic carbocycles. The monoisotopic (exact) mass is 387 g/mol. The van der Waals surface area contributed by atoms with Crippen molar-refractivity contribution < 1.29 is 9.53 Å². The van der Waals surface area contributed by atoms with Crippen LogP contribution in [0.5, 0.6) is 5.75 Å². The molecule has 1 heterocycles. The Bertz CT molecular complexity index is 1060. The van der Waals surface area contributed by atoms with Gasteiger partial charge in [0, 0.05) is 30.1 Å². The average molecular weight is 387 g/mol. The number of carbonyl (C=O) groups is 1. The third-order valence-corrected chi connectivity index (χ3v) is 5.24. The van der Waals surface area contributed by atoms with E-state index in [4.69, 9.17) is 4.74 Å². The van der Waals surface area contributed by atoms with Crippen LogP contribution >= 0.6 is 0 Å². The second-order valence-electron chi connectivity index (χ2n) is 7.67. The molecule has 5 heteroatoms. The predicted octanol–water partition coefficient (Wildman–Crippen LogP) is 4.87. The Morgan fingerprint density at radius 3 is 2.69 bits per heavy atom. The lowest BCUT2D eigenvalue weighted by Gasteiger charge is -2.40. The molecule has 29 heavy (non-hydrogen) atoms. The number of carbonyl (C=O) groups excluding carboxylic acids is 1. The van der Waals surface area contributed by atoms with Crippen molar-refractivity contribution in [1.82, 2.24) is 0 Å². The molecule has 0 unspecified atom stereocenters. The minimum Gasteiger partial charge on any atom is -0.497 e. The minimum atomic E-state index is -0.455. The number of hydrogen-bond acceptors (Lipinski definition) is 4. The number of hydrogen-bond donors (Lipinski definition) is 1. The van der Waals surface area contributed by atoms with E-state index in [9.17, 15) is 10.1 Å². The normalized spacial score (nSPS) is 15.1. The molecule has 0 atom stereocenters. The number of rotatable bonds is 4. The topological polar surface area (TPSA) is 65.4 Å². The largest absolute Gasteiger partial charge is 0.497 e. The molecule has 0 aromatic heterocycles. The Kier molecular flexibility index (Phi) is 5.47. The molecule has 148 valence electrons. The van der Waals surface area contributed by atoms with Crippen LogP contribution in [-0.2, 0) is 4.79 Å². The molecular formula is C24H25N3O2. The van der Waals surface area contributed by atoms with E-state index >= 15 is 0 Å². The number of fused-ring (bicyclic) bond motifs is 1. The quantitative estimate of drug-likeness (QED) is 0.600. The summed E-state index contributed by atoms with van der Waals surface area (Å²) in [4.78, 5) is 14.8. The molecule has 1 N–H and O–H groups in total. The van der Waals surface area contributed by atoms with Crippen LogP contribution in [0.25, 0.3) is 11.6 Å². The number of likely N-dealkylation sites (N-methyl/N-ethyl adjacent to an activating group) is 1. The summed E-state index contributed by atoms with van der Waals surface area (Å²) in [6.45, 7) is 6.43. The fraction of sp³-hybridized carbons (Fsp3) is 0.250. The summed E-state index contributed by atoms with van der Waals surface area (Å²) >= 11 is 0. The van der Waals surface area contributed by atoms with Crippen molar-refractivity contribution in [2.75, 3.05) is 24.4 Å². The number of allylic oxidation sites excluding steroid dienone is 1. The number of methoxy groups -OCH3 is 1. The number of ether oxygens (including phenoxy) is 1. The van der Waals surface area contributed by atoms with Crippen LogP contribution < -0.4 is 15.0 Å². The van der Waals surface area contributed by atoms with Crippen LogP contribution in [-0.4, -0.2) is 25.6 Å². The van der Waals surface area contributed by atoms with Crippen LogP contribution in [0.15, 0.2) is 54.1 Å². The van der Waals surface area contributed by atoms with Crippen molar-refractivity contribution in [3.63, 3.8) is 0 Å². The molecule has 2 aromatic rings. The maximum Gasteiger partial charge on any atom is 0.266 e. The fourth-order valence-corrected chi connectivity index (χ4v) is 3.48. The van der Waals surface area contributed by atoms with Crippen molar-refractivity contribution in [2.24, 2.45) is 0 Å². The van der Waals surface area contributed by atoms with Gasteiger partial charge in [0.05, 0.1) is 12.6 Å². The smallest absolute Gasteiger partial charge is 0.266 e. The van der Waals surface area contributed by atoms with Crippen molar-refractivity contribution in [2.45, 2.75) is 26.3 Å². The van der Waals surface area contributed by atoms with Crippen LogP contribution in [0.4, 0.5) is 11.4 Å². The average Bonchev–Trinajstić information content (AvgIpc) is 2.70. The highest BCUT2D eigenvalue weighted by Gasteiger charge is 2.28. The Morgan fingerprint density at radius 2 is 2.00 bits per heavy atom. The SMILES string of the molecule is COc1cccc(NC(=O)/C(C#N)=C\c2ccc3c(c2)C(C)=CC(C)(C)N3C)c1. The standard InChI is InChI=1S/C24H25N3O2/c1-16-14-24(2,3)27(4)22-10-9-17(12-21(16)22)11-18(15-25)23(28)26-19-7-6-8-20(13-19)29-5/h6-14H,1-5H3,(H,26,28)/b18-11-. The van der Waals surface area contributed by atoms with E-state index in [2.05, 4.69) is 44.1 Å². The Labute approximate surface area is 171 Å². The summed E-state index contributed by atoms with van der Waals surface area (Å²) in [5.41, 5.74) is 4.77. The fourth-order valence-electron chi connectivity index (χ4n) is 3.48. The van der Waals surface area contributed by atoms with Crippen LogP contribution in [0, 0.1) is 11.3 Å². The predicted molar refractivity (Wildman–Crippen MR) is 118 cm³/mol. The molecule has 1 amide bonds. The zero-order valence-electron chi connectivity index (χ0n) is 17.4. The highest BCUT2D eigenvalue weighted by atomic mass is 16.5. The number of nitrogens with one attached hydrogen (secondary N) is 1. The molecule has 0 fully saturated rings. The first-order valence-corrected chi connectivity index (χ1v) is 9.40. The van der Waals surface area contributed by atoms with Gasteiger partial charge in [-0.1, -0.05) is 18.2 Å². The first-order chi connectivity index (χ1) is 13.7. The van der Waals surface area contributed by atoms with E-state index in [1.165, 1.54) is 5.57 Å². The summed E-state index contributed by atoms with van der Waals surface area (Å²) < 4.78 is 5.16. The van der Waals surface area contributed by atoms with Crippen molar-refractivity contribution in [3.8, 4) is 11.8 Å². The number of benzene rings is 2. The molecular weight excluding hydrogens is 362 g/mol. The van der Waals surface area contributed by atoms with E-state index in [1.807, 2.05) is 24.3 Å². The van der Waals surface area contributed by atoms with Crippen LogP contribution in [0.3, 0.4) is 0 Å². The van der Waals surface area contributed by atoms with E-state index in [1.54, 1.807) is 37.5 Å². The highest BCUT2D eigenvalue weighted by Crippen LogP contribution is 2.38. The van der Waals surface area contributed by atoms with E-state index in [0.29, 0.717) is 11.4 Å². The number of nitrogens with zero attached hydrogens (tertiary/aromatic N) is 2. The van der Waals surface area contributed by atoms with Crippen molar-refractivity contribution in [1.29, 1.82) is 5.26 Å². The lowest BCUT2D eigenvalue weighted by molar-refractivity contribution is -0.112. The van der Waals surface area contributed by atoms with E-state index in [-0.39, 0.29) is 11.1 Å². The lowest BCUT2D eigenvalue weighted by Crippen LogP contribution is -2.42. The highest BCUT2D eigenvalue weighted by molar-refractivity contribution is 6.09. The molecule has 1 aliphatic rings. The Hall–Kier alpha value is -3.52. The third-order valence-electron chi connectivity index (χ3n) is 5.24. The molecule has 0 bridgehead atoms. The van der Waals surface area contributed by atoms with Gasteiger partial charge < -0.3 is 15.0 Å². The van der Waals surface area contributed by atoms with Crippen LogP contribution in [0.1, 0.15) is 31.9 Å². The van der Waals surface area contributed by atoms with Gasteiger partial charge in [-0.25, -0.2) is 0 Å². The molecule has 0 radical (unpaired) electrons. The number of nitriles is 1. The summed E-state index contributed by atoms with van der Waals surface area (Å²) in [6.07, 6.45) is 3.84. The molecule has 1 aliphatic heterocycles. The number of anilines is 2. The summed E-state index contributed by atoms with van der Waals surface area (Å²) in [7, 11) is 3.63. The minimum absolute atomic E-state index is 0.0406. The molecule has 0 spiro atoms. The van der Waals surface area contributed by atoms with Crippen LogP contribution in [0.2, 0.25) is 0 Å². The van der Waals surface area contributed by atoms with Gasteiger partial charge in [0.15, 0.2) is 0 Å².